The van der Waals surface area contributed by atoms with E-state index in [-0.39, 0.29) is 0 Å². The zero-order valence-electron chi connectivity index (χ0n) is 13.4. The van der Waals surface area contributed by atoms with E-state index in [2.05, 4.69) is 21.2 Å². The van der Waals surface area contributed by atoms with Crippen LogP contribution in [-0.4, -0.2) is 18.0 Å². The summed E-state index contributed by atoms with van der Waals surface area (Å²) < 4.78 is 6.02. The Balaban J connectivity index is 1.90. The number of rotatable bonds is 5. The van der Waals surface area contributed by atoms with E-state index in [1.807, 2.05) is 30.3 Å². The number of hydrogen-bond donors (Lipinski definition) is 1. The van der Waals surface area contributed by atoms with Crippen molar-refractivity contribution in [1.29, 1.82) is 5.26 Å². The number of benzene rings is 2. The van der Waals surface area contributed by atoms with Crippen molar-refractivity contribution >= 4 is 39.6 Å². The second-order valence-corrected chi connectivity index (χ2v) is 6.06. The minimum atomic E-state index is -0.965. The van der Waals surface area contributed by atoms with Gasteiger partial charge in [-0.15, -0.1) is 0 Å². The number of carbonyl (C=O) groups is 2. The molecule has 0 saturated heterocycles. The molecule has 5 nitrogen and oxygen atoms in total. The van der Waals surface area contributed by atoms with Gasteiger partial charge >= 0.3 is 5.97 Å². The lowest BCUT2D eigenvalue weighted by molar-refractivity contribution is -0.148. The van der Waals surface area contributed by atoms with Crippen molar-refractivity contribution in [2.24, 2.45) is 0 Å². The van der Waals surface area contributed by atoms with Crippen LogP contribution in [0.25, 0.3) is 6.08 Å². The van der Waals surface area contributed by atoms with E-state index in [1.54, 1.807) is 30.3 Å². The molecule has 2 rings (SSSR count). The SMILES string of the molecule is C[C@@H](OC(=O)/C=C/c1ccc(Br)cc1)C(=O)Nc1cccc(C#N)c1. The Hall–Kier alpha value is -2.91. The summed E-state index contributed by atoms with van der Waals surface area (Å²) in [6, 6.07) is 15.9. The molecule has 0 aliphatic carbocycles. The van der Waals surface area contributed by atoms with Crippen LogP contribution < -0.4 is 5.32 Å². The molecule has 0 saturated carbocycles. The van der Waals surface area contributed by atoms with Gasteiger partial charge in [0.15, 0.2) is 6.10 Å². The molecular formula is C19H15BrN2O3. The summed E-state index contributed by atoms with van der Waals surface area (Å²) in [6.07, 6.45) is 1.91. The number of ether oxygens (including phenoxy) is 1. The predicted molar refractivity (Wildman–Crippen MR) is 98.5 cm³/mol. The third kappa shape index (κ3) is 5.90. The van der Waals surface area contributed by atoms with Crippen molar-refractivity contribution in [2.45, 2.75) is 13.0 Å². The Morgan fingerprint density at radius 1 is 1.24 bits per heavy atom. The predicted octanol–water partition coefficient (Wildman–Crippen LogP) is 3.90. The smallest absolute Gasteiger partial charge is 0.331 e. The molecule has 0 fully saturated rings. The zero-order chi connectivity index (χ0) is 18.2. The zero-order valence-corrected chi connectivity index (χ0v) is 15.0. The van der Waals surface area contributed by atoms with E-state index in [0.717, 1.165) is 10.0 Å². The van der Waals surface area contributed by atoms with Crippen LogP contribution in [0.15, 0.2) is 59.1 Å². The molecule has 1 amide bonds. The third-order valence-electron chi connectivity index (χ3n) is 3.20. The van der Waals surface area contributed by atoms with Crippen LogP contribution in [0, 0.1) is 11.3 Å². The molecule has 0 aliphatic rings. The summed E-state index contributed by atoms with van der Waals surface area (Å²) >= 11 is 3.33. The van der Waals surface area contributed by atoms with Crippen LogP contribution in [0.5, 0.6) is 0 Å². The number of nitrogens with one attached hydrogen (secondary N) is 1. The monoisotopic (exact) mass is 398 g/mol. The highest BCUT2D eigenvalue weighted by atomic mass is 79.9. The van der Waals surface area contributed by atoms with Gasteiger partial charge in [-0.25, -0.2) is 4.79 Å². The maximum atomic E-state index is 12.1. The van der Waals surface area contributed by atoms with Crippen molar-refractivity contribution in [2.75, 3.05) is 5.32 Å². The maximum absolute atomic E-state index is 12.1. The third-order valence-corrected chi connectivity index (χ3v) is 3.73. The van der Waals surface area contributed by atoms with E-state index in [1.165, 1.54) is 13.0 Å². The number of esters is 1. The Bertz CT molecular complexity index is 838. The van der Waals surface area contributed by atoms with E-state index in [0.29, 0.717) is 11.3 Å². The second-order valence-electron chi connectivity index (χ2n) is 5.15. The summed E-state index contributed by atoms with van der Waals surface area (Å²) in [7, 11) is 0. The average Bonchev–Trinajstić information content (AvgIpc) is 2.61. The van der Waals surface area contributed by atoms with Crippen LogP contribution in [-0.2, 0) is 14.3 Å². The normalized spacial score (nSPS) is 11.6. The van der Waals surface area contributed by atoms with Crippen molar-refractivity contribution in [3.05, 3.63) is 70.2 Å². The van der Waals surface area contributed by atoms with Gasteiger partial charge < -0.3 is 10.1 Å². The molecule has 126 valence electrons. The number of nitrogens with zero attached hydrogens (tertiary/aromatic N) is 1. The molecule has 1 atom stereocenters. The largest absolute Gasteiger partial charge is 0.449 e. The number of amides is 1. The summed E-state index contributed by atoms with van der Waals surface area (Å²) in [5.41, 5.74) is 1.74. The van der Waals surface area contributed by atoms with Crippen molar-refractivity contribution < 1.29 is 14.3 Å². The molecule has 2 aromatic rings. The summed E-state index contributed by atoms with van der Waals surface area (Å²) in [5, 5.41) is 11.5. The summed E-state index contributed by atoms with van der Waals surface area (Å²) in [6.45, 7) is 1.48. The highest BCUT2D eigenvalue weighted by molar-refractivity contribution is 9.10. The molecule has 0 heterocycles. The lowest BCUT2D eigenvalue weighted by atomic mass is 10.2. The van der Waals surface area contributed by atoms with Gasteiger partial charge in [0.1, 0.15) is 0 Å². The van der Waals surface area contributed by atoms with E-state index in [4.69, 9.17) is 10.00 Å². The van der Waals surface area contributed by atoms with Gasteiger partial charge in [0, 0.05) is 16.2 Å². The highest BCUT2D eigenvalue weighted by Gasteiger charge is 2.16. The van der Waals surface area contributed by atoms with Crippen LogP contribution in [0.3, 0.4) is 0 Å². The van der Waals surface area contributed by atoms with Gasteiger partial charge in [-0.2, -0.15) is 5.26 Å². The van der Waals surface area contributed by atoms with Gasteiger partial charge in [-0.1, -0.05) is 34.1 Å². The fourth-order valence-corrected chi connectivity index (χ4v) is 2.18. The molecule has 0 spiro atoms. The topological polar surface area (TPSA) is 79.2 Å². The molecule has 25 heavy (non-hydrogen) atoms. The first-order valence-corrected chi connectivity index (χ1v) is 8.22. The number of anilines is 1. The van der Waals surface area contributed by atoms with Gasteiger partial charge in [-0.3, -0.25) is 4.79 Å². The van der Waals surface area contributed by atoms with Crippen molar-refractivity contribution in [3.63, 3.8) is 0 Å². The lowest BCUT2D eigenvalue weighted by Gasteiger charge is -2.12. The molecule has 2 aromatic carbocycles. The van der Waals surface area contributed by atoms with Gasteiger partial charge in [0.25, 0.3) is 5.91 Å². The van der Waals surface area contributed by atoms with E-state index in [9.17, 15) is 9.59 Å². The second kappa shape index (κ2) is 8.81. The molecule has 0 bridgehead atoms. The van der Waals surface area contributed by atoms with Crippen LogP contribution in [0.2, 0.25) is 0 Å². The fourth-order valence-electron chi connectivity index (χ4n) is 1.92. The fraction of sp³-hybridized carbons (Fsp3) is 0.105. The van der Waals surface area contributed by atoms with Crippen molar-refractivity contribution in [1.82, 2.24) is 0 Å². The minimum absolute atomic E-state index is 0.430. The summed E-state index contributed by atoms with van der Waals surface area (Å²) in [4.78, 5) is 23.9. The Morgan fingerprint density at radius 2 is 1.96 bits per heavy atom. The molecule has 0 unspecified atom stereocenters. The van der Waals surface area contributed by atoms with Gasteiger partial charge in [0.2, 0.25) is 0 Å². The standard InChI is InChI=1S/C19H15BrN2O3/c1-13(19(24)22-17-4-2-3-15(11-17)12-21)25-18(23)10-7-14-5-8-16(20)9-6-14/h2-11,13H,1H3,(H,22,24)/b10-7+/t13-/m1/s1. The number of nitriles is 1. The molecule has 0 radical (unpaired) electrons. The first kappa shape index (κ1) is 18.4. The highest BCUT2D eigenvalue weighted by Crippen LogP contribution is 2.12. The number of hydrogen-bond acceptors (Lipinski definition) is 4. The summed E-state index contributed by atoms with van der Waals surface area (Å²) in [5.74, 6) is -1.09. The Morgan fingerprint density at radius 3 is 2.64 bits per heavy atom. The van der Waals surface area contributed by atoms with Crippen molar-refractivity contribution in [3.8, 4) is 6.07 Å². The van der Waals surface area contributed by atoms with Crippen LogP contribution >= 0.6 is 15.9 Å². The van der Waals surface area contributed by atoms with Crippen LogP contribution in [0.1, 0.15) is 18.1 Å². The minimum Gasteiger partial charge on any atom is -0.449 e. The van der Waals surface area contributed by atoms with Crippen LogP contribution in [0.4, 0.5) is 5.69 Å². The molecule has 0 aliphatic heterocycles. The van der Waals surface area contributed by atoms with E-state index < -0.39 is 18.0 Å². The van der Waals surface area contributed by atoms with Gasteiger partial charge in [0.05, 0.1) is 11.6 Å². The quantitative estimate of drug-likeness (QED) is 0.611. The lowest BCUT2D eigenvalue weighted by Crippen LogP contribution is -2.29. The maximum Gasteiger partial charge on any atom is 0.331 e. The molecular weight excluding hydrogens is 384 g/mol. The first-order valence-electron chi connectivity index (χ1n) is 7.43. The van der Waals surface area contributed by atoms with Gasteiger partial charge in [-0.05, 0) is 48.9 Å². The van der Waals surface area contributed by atoms with E-state index >= 15 is 0 Å². The Labute approximate surface area is 154 Å². The number of carbonyl (C=O) groups excluding carboxylic acids is 2. The molecule has 0 aromatic heterocycles. The number of halogens is 1. The average molecular weight is 399 g/mol. The first-order chi connectivity index (χ1) is 12.0. The molecule has 1 N–H and O–H groups in total. The Kier molecular flexibility index (Phi) is 6.49. The molecule has 6 heteroatoms.